The third kappa shape index (κ3) is 4.31. The second-order valence-corrected chi connectivity index (χ2v) is 6.88. The van der Waals surface area contributed by atoms with Gasteiger partial charge >= 0.3 is 0 Å². The Kier molecular flexibility index (Phi) is 5.71. The van der Waals surface area contributed by atoms with Crippen LogP contribution in [0.1, 0.15) is 36.3 Å². The molecule has 26 heavy (non-hydrogen) atoms. The van der Waals surface area contributed by atoms with Crippen molar-refractivity contribution in [3.8, 4) is 0 Å². The number of hydrogen-bond acceptors (Lipinski definition) is 5. The molecule has 1 aromatic heterocycles. The molecule has 0 spiro atoms. The first-order chi connectivity index (χ1) is 12.6. The summed E-state index contributed by atoms with van der Waals surface area (Å²) in [5.41, 5.74) is 2.88. The van der Waals surface area contributed by atoms with Crippen molar-refractivity contribution >= 4 is 17.4 Å². The SMILES string of the molecule is CCC(C)Nc1ccc(C(=O)N2CCN(c3cccc(C)c3)CC2)nn1. The summed E-state index contributed by atoms with van der Waals surface area (Å²) in [5.74, 6) is 0.664. The van der Waals surface area contributed by atoms with Crippen LogP contribution in [0.15, 0.2) is 36.4 Å². The Morgan fingerprint density at radius 2 is 1.92 bits per heavy atom. The van der Waals surface area contributed by atoms with Gasteiger partial charge in [-0.25, -0.2) is 0 Å². The van der Waals surface area contributed by atoms with Crippen molar-refractivity contribution in [2.75, 3.05) is 36.4 Å². The fourth-order valence-corrected chi connectivity index (χ4v) is 3.03. The van der Waals surface area contributed by atoms with Crippen LogP contribution in [0.5, 0.6) is 0 Å². The van der Waals surface area contributed by atoms with Crippen molar-refractivity contribution < 1.29 is 4.79 Å². The summed E-state index contributed by atoms with van der Waals surface area (Å²) >= 11 is 0. The van der Waals surface area contributed by atoms with Crippen molar-refractivity contribution in [3.05, 3.63) is 47.7 Å². The van der Waals surface area contributed by atoms with E-state index < -0.39 is 0 Å². The number of aryl methyl sites for hydroxylation is 1. The smallest absolute Gasteiger partial charge is 0.274 e. The summed E-state index contributed by atoms with van der Waals surface area (Å²) in [7, 11) is 0. The van der Waals surface area contributed by atoms with Crippen molar-refractivity contribution in [1.29, 1.82) is 0 Å². The zero-order valence-corrected chi connectivity index (χ0v) is 15.8. The summed E-state index contributed by atoms with van der Waals surface area (Å²) < 4.78 is 0. The van der Waals surface area contributed by atoms with E-state index in [1.54, 1.807) is 6.07 Å². The fraction of sp³-hybridized carbons (Fsp3) is 0.450. The Balaban J connectivity index is 1.58. The molecule has 0 bridgehead atoms. The zero-order valence-electron chi connectivity index (χ0n) is 15.8. The molecule has 2 heterocycles. The van der Waals surface area contributed by atoms with Crippen molar-refractivity contribution in [2.24, 2.45) is 0 Å². The number of anilines is 2. The summed E-state index contributed by atoms with van der Waals surface area (Å²) in [6, 6.07) is 12.4. The van der Waals surface area contributed by atoms with Crippen LogP contribution in [-0.2, 0) is 0 Å². The van der Waals surface area contributed by atoms with Gasteiger partial charge in [-0.3, -0.25) is 4.79 Å². The first-order valence-corrected chi connectivity index (χ1v) is 9.28. The van der Waals surface area contributed by atoms with E-state index in [1.165, 1.54) is 11.3 Å². The molecule has 1 N–H and O–H groups in total. The molecule has 1 aliphatic heterocycles. The minimum Gasteiger partial charge on any atom is -0.368 e. The monoisotopic (exact) mass is 353 g/mol. The number of rotatable bonds is 5. The van der Waals surface area contributed by atoms with Gasteiger partial charge in [0.25, 0.3) is 5.91 Å². The summed E-state index contributed by atoms with van der Waals surface area (Å²) in [5, 5.41) is 11.5. The largest absolute Gasteiger partial charge is 0.368 e. The minimum atomic E-state index is -0.0449. The lowest BCUT2D eigenvalue weighted by Gasteiger charge is -2.36. The number of nitrogens with one attached hydrogen (secondary N) is 1. The number of carbonyl (C=O) groups excluding carboxylic acids is 1. The number of piperazine rings is 1. The average Bonchev–Trinajstić information content (AvgIpc) is 2.68. The van der Waals surface area contributed by atoms with Crippen LogP contribution in [0.4, 0.5) is 11.5 Å². The molecule has 1 saturated heterocycles. The zero-order chi connectivity index (χ0) is 18.5. The predicted molar refractivity (Wildman–Crippen MR) is 105 cm³/mol. The van der Waals surface area contributed by atoms with Crippen LogP contribution in [0.2, 0.25) is 0 Å². The molecule has 1 fully saturated rings. The quantitative estimate of drug-likeness (QED) is 0.895. The number of carbonyl (C=O) groups is 1. The van der Waals surface area contributed by atoms with E-state index in [-0.39, 0.29) is 5.91 Å². The number of benzene rings is 1. The standard InChI is InChI=1S/C20H27N5O/c1-4-16(3)21-19-9-8-18(22-23-19)20(26)25-12-10-24(11-13-25)17-7-5-6-15(2)14-17/h5-9,14,16H,4,10-13H2,1-3H3,(H,21,23). The van der Waals surface area contributed by atoms with E-state index in [4.69, 9.17) is 0 Å². The first-order valence-electron chi connectivity index (χ1n) is 9.28. The Labute approximate surface area is 155 Å². The molecular weight excluding hydrogens is 326 g/mol. The molecule has 6 heteroatoms. The minimum absolute atomic E-state index is 0.0449. The summed E-state index contributed by atoms with van der Waals surface area (Å²) in [6.45, 7) is 9.35. The van der Waals surface area contributed by atoms with E-state index in [2.05, 4.69) is 65.5 Å². The maximum atomic E-state index is 12.7. The van der Waals surface area contributed by atoms with Crippen LogP contribution in [-0.4, -0.2) is 53.2 Å². The third-order valence-electron chi connectivity index (χ3n) is 4.82. The Hall–Kier alpha value is -2.63. The van der Waals surface area contributed by atoms with Gasteiger partial charge in [-0.05, 0) is 50.1 Å². The number of hydrogen-bond donors (Lipinski definition) is 1. The second kappa shape index (κ2) is 8.17. The predicted octanol–water partition coefficient (Wildman–Crippen LogP) is 2.96. The Morgan fingerprint density at radius 1 is 1.15 bits per heavy atom. The Morgan fingerprint density at radius 3 is 2.54 bits per heavy atom. The molecule has 2 aromatic rings. The van der Waals surface area contributed by atoms with Crippen molar-refractivity contribution in [2.45, 2.75) is 33.2 Å². The lowest BCUT2D eigenvalue weighted by atomic mass is 10.2. The highest BCUT2D eigenvalue weighted by molar-refractivity contribution is 5.92. The van der Waals surface area contributed by atoms with Gasteiger partial charge in [0.15, 0.2) is 5.69 Å². The van der Waals surface area contributed by atoms with Crippen LogP contribution in [0, 0.1) is 6.92 Å². The van der Waals surface area contributed by atoms with Crippen molar-refractivity contribution in [1.82, 2.24) is 15.1 Å². The third-order valence-corrected chi connectivity index (χ3v) is 4.82. The number of nitrogens with zero attached hydrogens (tertiary/aromatic N) is 4. The van der Waals surface area contributed by atoms with Gasteiger partial charge in [-0.2, -0.15) is 0 Å². The second-order valence-electron chi connectivity index (χ2n) is 6.88. The van der Waals surface area contributed by atoms with Gasteiger partial charge in [0, 0.05) is 37.9 Å². The molecule has 0 aliphatic carbocycles. The highest BCUT2D eigenvalue weighted by Crippen LogP contribution is 2.18. The number of aromatic nitrogens is 2. The first kappa shape index (κ1) is 18.2. The van der Waals surface area contributed by atoms with Crippen LogP contribution >= 0.6 is 0 Å². The van der Waals surface area contributed by atoms with E-state index in [0.717, 1.165) is 19.5 Å². The van der Waals surface area contributed by atoms with Crippen LogP contribution < -0.4 is 10.2 Å². The molecule has 1 unspecified atom stereocenters. The maximum Gasteiger partial charge on any atom is 0.274 e. The fourth-order valence-electron chi connectivity index (χ4n) is 3.03. The molecule has 6 nitrogen and oxygen atoms in total. The van der Waals surface area contributed by atoms with E-state index in [1.807, 2.05) is 11.0 Å². The van der Waals surface area contributed by atoms with Gasteiger partial charge < -0.3 is 15.1 Å². The molecule has 0 saturated carbocycles. The molecule has 1 aliphatic rings. The molecule has 1 atom stereocenters. The normalized spacial score (nSPS) is 15.7. The lowest BCUT2D eigenvalue weighted by molar-refractivity contribution is 0.0739. The topological polar surface area (TPSA) is 61.4 Å². The van der Waals surface area contributed by atoms with E-state index >= 15 is 0 Å². The van der Waals surface area contributed by atoms with Gasteiger partial charge in [0.1, 0.15) is 5.82 Å². The molecular formula is C20H27N5O. The van der Waals surface area contributed by atoms with Gasteiger partial charge in [0.2, 0.25) is 0 Å². The maximum absolute atomic E-state index is 12.7. The van der Waals surface area contributed by atoms with Gasteiger partial charge in [0.05, 0.1) is 0 Å². The molecule has 3 rings (SSSR count). The summed E-state index contributed by atoms with van der Waals surface area (Å²) in [4.78, 5) is 16.9. The highest BCUT2D eigenvalue weighted by Gasteiger charge is 2.23. The molecule has 1 aromatic carbocycles. The molecule has 138 valence electrons. The van der Waals surface area contributed by atoms with E-state index in [0.29, 0.717) is 30.6 Å². The van der Waals surface area contributed by atoms with Gasteiger partial charge in [-0.15, -0.1) is 10.2 Å². The molecule has 1 amide bonds. The van der Waals surface area contributed by atoms with Gasteiger partial charge in [-0.1, -0.05) is 19.1 Å². The van der Waals surface area contributed by atoms with Crippen LogP contribution in [0.25, 0.3) is 0 Å². The van der Waals surface area contributed by atoms with Crippen molar-refractivity contribution in [3.63, 3.8) is 0 Å². The average molecular weight is 353 g/mol. The highest BCUT2D eigenvalue weighted by atomic mass is 16.2. The van der Waals surface area contributed by atoms with Crippen LogP contribution in [0.3, 0.4) is 0 Å². The van der Waals surface area contributed by atoms with E-state index in [9.17, 15) is 4.79 Å². The molecule has 0 radical (unpaired) electrons. The Bertz CT molecular complexity index is 738. The summed E-state index contributed by atoms with van der Waals surface area (Å²) in [6.07, 6.45) is 1.01. The number of amides is 1. The lowest BCUT2D eigenvalue weighted by Crippen LogP contribution is -2.49.